The van der Waals surface area contributed by atoms with Gasteiger partial charge in [0.05, 0.1) is 12.3 Å². The Labute approximate surface area is 171 Å². The second-order valence-corrected chi connectivity index (χ2v) is 7.12. The second-order valence-electron chi connectivity index (χ2n) is 7.12. The first-order chi connectivity index (χ1) is 14.6. The normalized spacial score (nSPS) is 11.3. The third kappa shape index (κ3) is 3.15. The van der Waals surface area contributed by atoms with Gasteiger partial charge >= 0.3 is 0 Å². The average molecular weight is 399 g/mol. The van der Waals surface area contributed by atoms with Gasteiger partial charge in [-0.2, -0.15) is 0 Å². The SMILES string of the molecule is Cn1cnnc1-c1cc(F)ccc1-c1cccc(-c2cn3cc(CO)ccc3n2)c1. The minimum Gasteiger partial charge on any atom is -0.392 e. The fraction of sp³-hybridized carbons (Fsp3) is 0.0870. The summed E-state index contributed by atoms with van der Waals surface area (Å²) in [5.74, 6) is 0.270. The van der Waals surface area contributed by atoms with E-state index in [4.69, 9.17) is 0 Å². The van der Waals surface area contributed by atoms with Gasteiger partial charge in [0.2, 0.25) is 0 Å². The number of hydrogen-bond acceptors (Lipinski definition) is 4. The minimum atomic E-state index is -0.326. The summed E-state index contributed by atoms with van der Waals surface area (Å²) in [6, 6.07) is 16.4. The summed E-state index contributed by atoms with van der Waals surface area (Å²) in [5.41, 5.74) is 5.84. The summed E-state index contributed by atoms with van der Waals surface area (Å²) < 4.78 is 17.7. The molecule has 0 saturated heterocycles. The third-order valence-electron chi connectivity index (χ3n) is 5.10. The van der Waals surface area contributed by atoms with E-state index in [1.165, 1.54) is 12.1 Å². The Hall–Kier alpha value is -3.84. The average Bonchev–Trinajstić information content (AvgIpc) is 3.39. The van der Waals surface area contributed by atoms with Gasteiger partial charge < -0.3 is 14.1 Å². The summed E-state index contributed by atoms with van der Waals surface area (Å²) in [4.78, 5) is 4.69. The molecule has 2 aromatic carbocycles. The molecular formula is C23H18FN5O. The van der Waals surface area contributed by atoms with E-state index in [0.29, 0.717) is 11.4 Å². The van der Waals surface area contributed by atoms with Crippen LogP contribution in [0.3, 0.4) is 0 Å². The van der Waals surface area contributed by atoms with Gasteiger partial charge in [0, 0.05) is 30.6 Å². The predicted octanol–water partition coefficient (Wildman–Crippen LogP) is 4.10. The van der Waals surface area contributed by atoms with Crippen LogP contribution in [0.15, 0.2) is 73.3 Å². The number of pyridine rings is 1. The number of aryl methyl sites for hydroxylation is 1. The lowest BCUT2D eigenvalue weighted by atomic mass is 9.97. The zero-order valence-electron chi connectivity index (χ0n) is 16.2. The quantitative estimate of drug-likeness (QED) is 0.494. The number of imidazole rings is 1. The van der Waals surface area contributed by atoms with E-state index in [2.05, 4.69) is 15.2 Å². The molecule has 0 fully saturated rings. The van der Waals surface area contributed by atoms with Crippen molar-refractivity contribution in [1.29, 1.82) is 0 Å². The first-order valence-corrected chi connectivity index (χ1v) is 9.45. The van der Waals surface area contributed by atoms with Crippen LogP contribution in [0.25, 0.3) is 39.4 Å². The lowest BCUT2D eigenvalue weighted by Gasteiger charge is -2.10. The number of benzene rings is 2. The van der Waals surface area contributed by atoms with Gasteiger partial charge in [-0.1, -0.05) is 30.3 Å². The fourth-order valence-electron chi connectivity index (χ4n) is 3.60. The molecule has 3 aromatic heterocycles. The Morgan fingerprint density at radius 1 is 0.967 bits per heavy atom. The van der Waals surface area contributed by atoms with Gasteiger partial charge in [-0.25, -0.2) is 9.37 Å². The maximum atomic E-state index is 14.0. The van der Waals surface area contributed by atoms with Crippen molar-refractivity contribution in [2.24, 2.45) is 7.05 Å². The molecule has 3 heterocycles. The summed E-state index contributed by atoms with van der Waals surface area (Å²) in [7, 11) is 1.83. The third-order valence-corrected chi connectivity index (χ3v) is 5.10. The smallest absolute Gasteiger partial charge is 0.164 e. The maximum Gasteiger partial charge on any atom is 0.164 e. The first kappa shape index (κ1) is 18.2. The van der Waals surface area contributed by atoms with Crippen molar-refractivity contribution >= 4 is 5.65 Å². The van der Waals surface area contributed by atoms with E-state index in [1.807, 2.05) is 60.2 Å². The summed E-state index contributed by atoms with van der Waals surface area (Å²) in [5, 5.41) is 17.4. The molecule has 0 atom stereocenters. The summed E-state index contributed by atoms with van der Waals surface area (Å²) >= 11 is 0. The van der Waals surface area contributed by atoms with Crippen molar-refractivity contribution in [3.63, 3.8) is 0 Å². The highest BCUT2D eigenvalue weighted by Gasteiger charge is 2.14. The van der Waals surface area contributed by atoms with Crippen LogP contribution in [-0.2, 0) is 13.7 Å². The number of hydrogen-bond donors (Lipinski definition) is 1. The number of halogens is 1. The van der Waals surface area contributed by atoms with Crippen molar-refractivity contribution < 1.29 is 9.50 Å². The lowest BCUT2D eigenvalue weighted by Crippen LogP contribution is -1.95. The molecule has 5 rings (SSSR count). The van der Waals surface area contributed by atoms with Gasteiger partial charge in [0.25, 0.3) is 0 Å². The molecule has 0 amide bonds. The lowest BCUT2D eigenvalue weighted by molar-refractivity contribution is 0.281. The molecule has 0 aliphatic heterocycles. The zero-order valence-corrected chi connectivity index (χ0v) is 16.2. The van der Waals surface area contributed by atoms with E-state index in [9.17, 15) is 9.50 Å². The topological polar surface area (TPSA) is 68.2 Å². The first-order valence-electron chi connectivity index (χ1n) is 9.45. The zero-order chi connectivity index (χ0) is 20.7. The minimum absolute atomic E-state index is 0.0195. The highest BCUT2D eigenvalue weighted by atomic mass is 19.1. The number of aliphatic hydroxyl groups excluding tert-OH is 1. The highest BCUT2D eigenvalue weighted by Crippen LogP contribution is 2.33. The van der Waals surface area contributed by atoms with Crippen LogP contribution in [0.2, 0.25) is 0 Å². The molecule has 148 valence electrons. The monoisotopic (exact) mass is 399 g/mol. The van der Waals surface area contributed by atoms with Crippen molar-refractivity contribution in [3.05, 3.63) is 84.7 Å². The van der Waals surface area contributed by atoms with Gasteiger partial charge in [-0.05, 0) is 41.0 Å². The molecule has 0 radical (unpaired) electrons. The van der Waals surface area contributed by atoms with E-state index in [0.717, 1.165) is 33.6 Å². The summed E-state index contributed by atoms with van der Waals surface area (Å²) in [6.45, 7) is -0.0195. The van der Waals surface area contributed by atoms with Gasteiger partial charge in [-0.3, -0.25) is 0 Å². The molecule has 0 unspecified atom stereocenters. The van der Waals surface area contributed by atoms with E-state index in [-0.39, 0.29) is 12.4 Å². The Bertz CT molecular complexity index is 1370. The Morgan fingerprint density at radius 2 is 1.83 bits per heavy atom. The van der Waals surface area contributed by atoms with Crippen LogP contribution in [0, 0.1) is 5.82 Å². The van der Waals surface area contributed by atoms with Crippen LogP contribution >= 0.6 is 0 Å². The maximum absolute atomic E-state index is 14.0. The number of fused-ring (bicyclic) bond motifs is 1. The molecule has 0 aliphatic carbocycles. The molecule has 0 aliphatic rings. The van der Waals surface area contributed by atoms with Crippen molar-refractivity contribution in [3.8, 4) is 33.8 Å². The highest BCUT2D eigenvalue weighted by molar-refractivity contribution is 5.83. The van der Waals surface area contributed by atoms with Crippen molar-refractivity contribution in [2.75, 3.05) is 0 Å². The standard InChI is InChI=1S/C23H18FN5O/c1-28-14-25-27-23(28)20-10-18(24)6-7-19(20)16-3-2-4-17(9-16)21-12-29-11-15(13-30)5-8-22(29)26-21/h2-12,14,30H,13H2,1H3. The molecule has 0 bridgehead atoms. The number of aliphatic hydroxyl groups is 1. The van der Waals surface area contributed by atoms with Crippen LogP contribution in [0.5, 0.6) is 0 Å². The predicted molar refractivity (Wildman–Crippen MR) is 112 cm³/mol. The number of rotatable bonds is 4. The second kappa shape index (κ2) is 7.20. The Kier molecular flexibility index (Phi) is 4.37. The molecule has 6 nitrogen and oxygen atoms in total. The van der Waals surface area contributed by atoms with E-state index < -0.39 is 0 Å². The molecule has 5 aromatic rings. The molecule has 0 saturated carbocycles. The molecule has 7 heteroatoms. The van der Waals surface area contributed by atoms with Crippen LogP contribution in [0.1, 0.15) is 5.56 Å². The van der Waals surface area contributed by atoms with Crippen LogP contribution in [0.4, 0.5) is 4.39 Å². The van der Waals surface area contributed by atoms with Crippen molar-refractivity contribution in [1.82, 2.24) is 24.1 Å². The Morgan fingerprint density at radius 3 is 2.63 bits per heavy atom. The largest absolute Gasteiger partial charge is 0.392 e. The van der Waals surface area contributed by atoms with E-state index in [1.54, 1.807) is 17.0 Å². The molecule has 30 heavy (non-hydrogen) atoms. The summed E-state index contributed by atoms with van der Waals surface area (Å²) in [6.07, 6.45) is 5.39. The van der Waals surface area contributed by atoms with Crippen LogP contribution in [-0.4, -0.2) is 29.3 Å². The number of aromatic nitrogens is 5. The van der Waals surface area contributed by atoms with Gasteiger partial charge in [0.1, 0.15) is 17.8 Å². The van der Waals surface area contributed by atoms with Gasteiger partial charge in [0.15, 0.2) is 5.82 Å². The van der Waals surface area contributed by atoms with Gasteiger partial charge in [-0.15, -0.1) is 10.2 Å². The Balaban J connectivity index is 1.62. The van der Waals surface area contributed by atoms with Crippen LogP contribution < -0.4 is 0 Å². The fourth-order valence-corrected chi connectivity index (χ4v) is 3.60. The molecule has 1 N–H and O–H groups in total. The number of nitrogens with zero attached hydrogens (tertiary/aromatic N) is 5. The van der Waals surface area contributed by atoms with Crippen molar-refractivity contribution in [2.45, 2.75) is 6.61 Å². The van der Waals surface area contributed by atoms with E-state index >= 15 is 0 Å². The molecular weight excluding hydrogens is 381 g/mol. The molecule has 0 spiro atoms.